The van der Waals surface area contributed by atoms with Crippen molar-refractivity contribution in [1.29, 1.82) is 0 Å². The number of nitrogens with one attached hydrogen (secondary N) is 1. The number of amides is 4. The summed E-state index contributed by atoms with van der Waals surface area (Å²) in [4.78, 5) is 52.6. The quantitative estimate of drug-likeness (QED) is 0.752. The number of fused-ring (bicyclic) bond motifs is 1. The molecule has 0 saturated carbocycles. The summed E-state index contributed by atoms with van der Waals surface area (Å²) >= 11 is 0. The largest absolute Gasteiger partial charge is 0.341 e. The molecule has 0 radical (unpaired) electrons. The van der Waals surface area contributed by atoms with Crippen LogP contribution in [0.15, 0.2) is 42.5 Å². The first-order chi connectivity index (χ1) is 14.8. The van der Waals surface area contributed by atoms with E-state index in [2.05, 4.69) is 24.4 Å². The van der Waals surface area contributed by atoms with Gasteiger partial charge in [0.25, 0.3) is 11.8 Å². The molecule has 1 N–H and O–H groups in total. The average molecular weight is 419 g/mol. The third-order valence-electron chi connectivity index (χ3n) is 6.10. The molecule has 2 aromatic rings. The van der Waals surface area contributed by atoms with Gasteiger partial charge in [0.1, 0.15) is 6.04 Å². The van der Waals surface area contributed by atoms with E-state index in [0.29, 0.717) is 30.6 Å². The van der Waals surface area contributed by atoms with Crippen LogP contribution in [0.25, 0.3) is 0 Å². The molecule has 4 amide bonds. The second-order valence-corrected chi connectivity index (χ2v) is 8.18. The molecule has 1 atom stereocenters. The Hall–Kier alpha value is -3.48. The van der Waals surface area contributed by atoms with Crippen LogP contribution < -0.4 is 5.32 Å². The van der Waals surface area contributed by atoms with Crippen molar-refractivity contribution < 1.29 is 19.2 Å². The number of carbonyl (C=O) groups is 4. The number of aryl methyl sites for hydroxylation is 1. The van der Waals surface area contributed by atoms with Gasteiger partial charge in [0, 0.05) is 37.7 Å². The highest BCUT2D eigenvalue weighted by molar-refractivity contribution is 6.06. The first-order valence-corrected chi connectivity index (χ1v) is 10.4. The van der Waals surface area contributed by atoms with Crippen LogP contribution in [0.1, 0.15) is 50.2 Å². The molecule has 7 heteroatoms. The van der Waals surface area contributed by atoms with Crippen molar-refractivity contribution in [3.63, 3.8) is 0 Å². The number of piperidine rings is 1. The number of hydrogen-bond donors (Lipinski definition) is 1. The minimum atomic E-state index is -0.659. The number of rotatable bonds is 5. The lowest BCUT2D eigenvalue weighted by molar-refractivity contribution is -0.136. The van der Waals surface area contributed by atoms with Gasteiger partial charge in [0.05, 0.1) is 0 Å². The van der Waals surface area contributed by atoms with E-state index in [-0.39, 0.29) is 24.1 Å². The highest BCUT2D eigenvalue weighted by Crippen LogP contribution is 2.28. The van der Waals surface area contributed by atoms with Gasteiger partial charge in [-0.3, -0.25) is 24.5 Å². The van der Waals surface area contributed by atoms with Crippen LogP contribution in [-0.2, 0) is 22.6 Å². The van der Waals surface area contributed by atoms with Gasteiger partial charge in [-0.25, -0.2) is 0 Å². The highest BCUT2D eigenvalue weighted by atomic mass is 16.2. The fourth-order valence-electron chi connectivity index (χ4n) is 4.19. The van der Waals surface area contributed by atoms with Gasteiger partial charge in [-0.1, -0.05) is 30.3 Å². The van der Waals surface area contributed by atoms with Gasteiger partial charge in [0.2, 0.25) is 11.8 Å². The third kappa shape index (κ3) is 4.08. The van der Waals surface area contributed by atoms with Gasteiger partial charge >= 0.3 is 0 Å². The van der Waals surface area contributed by atoms with Crippen LogP contribution >= 0.6 is 0 Å². The average Bonchev–Trinajstić information content (AvgIpc) is 3.08. The topological polar surface area (TPSA) is 86.8 Å². The van der Waals surface area contributed by atoms with Crippen molar-refractivity contribution in [2.75, 3.05) is 13.6 Å². The third-order valence-corrected chi connectivity index (χ3v) is 6.10. The SMILES string of the molecule is Cc1ccccc1CCN(C)C(=O)c1ccc2c(c1)C(=O)N(C1CCC(=O)NC1=O)C2. The molecule has 160 valence electrons. The molecular weight excluding hydrogens is 394 g/mol. The van der Waals surface area contributed by atoms with Crippen molar-refractivity contribution in [2.45, 2.75) is 38.8 Å². The predicted molar refractivity (Wildman–Crippen MR) is 114 cm³/mol. The number of hydrogen-bond acceptors (Lipinski definition) is 4. The van der Waals surface area contributed by atoms with Crippen LogP contribution in [0, 0.1) is 6.92 Å². The fraction of sp³-hybridized carbons (Fsp3) is 0.333. The molecule has 2 heterocycles. The molecule has 7 nitrogen and oxygen atoms in total. The molecule has 0 aromatic heterocycles. The standard InChI is InChI=1S/C24H25N3O4/c1-15-5-3-4-6-16(15)11-12-26(2)23(30)17-7-8-18-14-27(24(31)19(18)13-17)20-9-10-21(28)25-22(20)29/h3-8,13,20H,9-12,14H2,1-2H3,(H,25,28,29). The van der Waals surface area contributed by atoms with Crippen molar-refractivity contribution in [2.24, 2.45) is 0 Å². The number of carbonyl (C=O) groups excluding carboxylic acids is 4. The Balaban J connectivity index is 1.45. The normalized spacial score (nSPS) is 18.1. The van der Waals surface area contributed by atoms with Gasteiger partial charge in [-0.05, 0) is 48.6 Å². The molecule has 1 saturated heterocycles. The number of imide groups is 1. The molecular formula is C24H25N3O4. The molecule has 1 fully saturated rings. The van der Waals surface area contributed by atoms with Crippen molar-refractivity contribution in [3.8, 4) is 0 Å². The van der Waals surface area contributed by atoms with E-state index in [9.17, 15) is 19.2 Å². The summed E-state index contributed by atoms with van der Waals surface area (Å²) in [6.07, 6.45) is 1.28. The zero-order valence-corrected chi connectivity index (χ0v) is 17.7. The maximum atomic E-state index is 13.0. The van der Waals surface area contributed by atoms with Crippen LogP contribution in [0.3, 0.4) is 0 Å². The Morgan fingerprint density at radius 1 is 1.16 bits per heavy atom. The molecule has 0 bridgehead atoms. The summed E-state index contributed by atoms with van der Waals surface area (Å²) in [6, 6.07) is 12.6. The van der Waals surface area contributed by atoms with Crippen molar-refractivity contribution >= 4 is 23.6 Å². The summed E-state index contributed by atoms with van der Waals surface area (Å²) in [5.41, 5.74) is 4.08. The van der Waals surface area contributed by atoms with Crippen LogP contribution in [-0.4, -0.2) is 53.1 Å². The molecule has 31 heavy (non-hydrogen) atoms. The monoisotopic (exact) mass is 419 g/mol. The van der Waals surface area contributed by atoms with Crippen LogP contribution in [0.5, 0.6) is 0 Å². The highest BCUT2D eigenvalue weighted by Gasteiger charge is 2.39. The molecule has 0 aliphatic carbocycles. The van der Waals surface area contributed by atoms with Gasteiger partial charge < -0.3 is 9.80 Å². The Kier molecular flexibility index (Phi) is 5.59. The van der Waals surface area contributed by atoms with E-state index in [0.717, 1.165) is 12.0 Å². The zero-order valence-electron chi connectivity index (χ0n) is 17.7. The van der Waals surface area contributed by atoms with E-state index in [1.165, 1.54) is 16.0 Å². The predicted octanol–water partition coefficient (Wildman–Crippen LogP) is 2.07. The maximum absolute atomic E-state index is 13.0. The summed E-state index contributed by atoms with van der Waals surface area (Å²) in [5.74, 6) is -1.18. The number of likely N-dealkylation sites (N-methyl/N-ethyl adjacent to an activating group) is 1. The second kappa shape index (κ2) is 8.34. The summed E-state index contributed by atoms with van der Waals surface area (Å²) < 4.78 is 0. The molecule has 4 rings (SSSR count). The minimum Gasteiger partial charge on any atom is -0.341 e. The lowest BCUT2D eigenvalue weighted by Gasteiger charge is -2.29. The van der Waals surface area contributed by atoms with E-state index in [1.807, 2.05) is 12.1 Å². The fourth-order valence-corrected chi connectivity index (χ4v) is 4.19. The van der Waals surface area contributed by atoms with Crippen molar-refractivity contribution in [3.05, 3.63) is 70.3 Å². The first-order valence-electron chi connectivity index (χ1n) is 10.4. The minimum absolute atomic E-state index is 0.149. The first kappa shape index (κ1) is 20.8. The van der Waals surface area contributed by atoms with E-state index in [4.69, 9.17) is 0 Å². The number of nitrogens with zero attached hydrogens (tertiary/aromatic N) is 2. The molecule has 2 aromatic carbocycles. The van der Waals surface area contributed by atoms with E-state index in [1.54, 1.807) is 30.1 Å². The van der Waals surface area contributed by atoms with Crippen molar-refractivity contribution in [1.82, 2.24) is 15.1 Å². The summed E-state index contributed by atoms with van der Waals surface area (Å²) in [6.45, 7) is 2.92. The zero-order chi connectivity index (χ0) is 22.1. The Labute approximate surface area is 181 Å². The molecule has 1 unspecified atom stereocenters. The lowest BCUT2D eigenvalue weighted by atomic mass is 10.0. The van der Waals surface area contributed by atoms with Gasteiger partial charge in [-0.15, -0.1) is 0 Å². The Morgan fingerprint density at radius 3 is 2.68 bits per heavy atom. The Morgan fingerprint density at radius 2 is 1.94 bits per heavy atom. The summed E-state index contributed by atoms with van der Waals surface area (Å²) in [5, 5.41) is 2.30. The smallest absolute Gasteiger partial charge is 0.255 e. The van der Waals surface area contributed by atoms with Gasteiger partial charge in [-0.2, -0.15) is 0 Å². The molecule has 2 aliphatic rings. The van der Waals surface area contributed by atoms with E-state index >= 15 is 0 Å². The number of benzene rings is 2. The van der Waals surface area contributed by atoms with E-state index < -0.39 is 11.9 Å². The summed E-state index contributed by atoms with van der Waals surface area (Å²) in [7, 11) is 1.76. The van der Waals surface area contributed by atoms with Crippen LogP contribution in [0.2, 0.25) is 0 Å². The maximum Gasteiger partial charge on any atom is 0.255 e. The lowest BCUT2D eigenvalue weighted by Crippen LogP contribution is -2.52. The molecule has 0 spiro atoms. The van der Waals surface area contributed by atoms with Gasteiger partial charge in [0.15, 0.2) is 0 Å². The molecule has 2 aliphatic heterocycles. The van der Waals surface area contributed by atoms with Crippen LogP contribution in [0.4, 0.5) is 0 Å². The second-order valence-electron chi connectivity index (χ2n) is 8.18. The Bertz CT molecular complexity index is 1080.